The highest BCUT2D eigenvalue weighted by Crippen LogP contribution is 2.47. The molecule has 2 aromatic rings. The molecule has 0 fully saturated rings. The summed E-state index contributed by atoms with van der Waals surface area (Å²) in [6.07, 6.45) is 0. The van der Waals surface area contributed by atoms with Gasteiger partial charge in [0.2, 0.25) is 0 Å². The van der Waals surface area contributed by atoms with Crippen molar-refractivity contribution in [3.63, 3.8) is 0 Å². The van der Waals surface area contributed by atoms with E-state index in [1.165, 1.54) is 21.2 Å². The lowest BCUT2D eigenvalue weighted by atomic mass is 10.1. The van der Waals surface area contributed by atoms with Gasteiger partial charge in [0.15, 0.2) is 0 Å². The number of rotatable bonds is 3. The van der Waals surface area contributed by atoms with E-state index in [2.05, 4.69) is 60.4 Å². The van der Waals surface area contributed by atoms with Crippen LogP contribution in [0.3, 0.4) is 0 Å². The summed E-state index contributed by atoms with van der Waals surface area (Å²) in [5.41, 5.74) is 2.59. The predicted molar refractivity (Wildman–Crippen MR) is 83.9 cm³/mol. The van der Waals surface area contributed by atoms with E-state index in [1.807, 2.05) is 11.8 Å². The van der Waals surface area contributed by atoms with E-state index in [0.29, 0.717) is 11.8 Å². The summed E-state index contributed by atoms with van der Waals surface area (Å²) in [5.74, 6) is 1.15. The second-order valence-electron chi connectivity index (χ2n) is 4.91. The Hall–Kier alpha value is -1.12. The third-order valence-corrected chi connectivity index (χ3v) is 4.95. The molecule has 19 heavy (non-hydrogen) atoms. The predicted octanol–water partition coefficient (Wildman–Crippen LogP) is 5.16. The molecule has 0 N–H and O–H groups in total. The van der Waals surface area contributed by atoms with Gasteiger partial charge in [-0.15, -0.1) is 11.6 Å². The molecule has 0 amide bonds. The zero-order valence-corrected chi connectivity index (χ0v) is 12.4. The first-order valence-electron chi connectivity index (χ1n) is 6.49. The van der Waals surface area contributed by atoms with E-state index in [4.69, 9.17) is 11.6 Å². The Kier molecular flexibility index (Phi) is 3.72. The van der Waals surface area contributed by atoms with Gasteiger partial charge in [0.05, 0.1) is 11.4 Å². The first-order valence-corrected chi connectivity index (χ1v) is 7.84. The average molecular weight is 290 g/mol. The second-order valence-corrected chi connectivity index (χ2v) is 6.30. The van der Waals surface area contributed by atoms with Gasteiger partial charge in [-0.25, -0.2) is 0 Å². The Labute approximate surface area is 123 Å². The van der Waals surface area contributed by atoms with Gasteiger partial charge in [-0.3, -0.25) is 0 Å². The van der Waals surface area contributed by atoms with E-state index in [9.17, 15) is 0 Å². The molecule has 0 aromatic heterocycles. The Balaban J connectivity index is 2.06. The van der Waals surface area contributed by atoms with Gasteiger partial charge in [-0.1, -0.05) is 43.0 Å². The summed E-state index contributed by atoms with van der Waals surface area (Å²) in [6.45, 7) is 3.15. The van der Waals surface area contributed by atoms with Crippen molar-refractivity contribution in [2.24, 2.45) is 5.92 Å². The highest BCUT2D eigenvalue weighted by molar-refractivity contribution is 7.99. The van der Waals surface area contributed by atoms with Crippen molar-refractivity contribution in [1.29, 1.82) is 0 Å². The summed E-state index contributed by atoms with van der Waals surface area (Å²) >= 11 is 7.84. The Morgan fingerprint density at radius 2 is 1.53 bits per heavy atom. The minimum absolute atomic E-state index is 0.464. The first kappa shape index (κ1) is 12.9. The van der Waals surface area contributed by atoms with Crippen molar-refractivity contribution in [3.8, 4) is 0 Å². The average Bonchev–Trinajstić information content (AvgIpc) is 2.46. The van der Waals surface area contributed by atoms with Crippen molar-refractivity contribution in [2.75, 3.05) is 17.3 Å². The number of fused-ring (bicyclic) bond motifs is 2. The maximum Gasteiger partial charge on any atom is 0.0552 e. The molecule has 1 atom stereocenters. The third-order valence-electron chi connectivity index (χ3n) is 3.29. The maximum absolute atomic E-state index is 5.99. The van der Waals surface area contributed by atoms with E-state index in [-0.39, 0.29) is 0 Å². The summed E-state index contributed by atoms with van der Waals surface area (Å²) < 4.78 is 0. The molecular weight excluding hydrogens is 274 g/mol. The molecule has 0 spiro atoms. The summed E-state index contributed by atoms with van der Waals surface area (Å²) in [7, 11) is 0. The van der Waals surface area contributed by atoms with Crippen LogP contribution in [0.15, 0.2) is 58.3 Å². The molecule has 98 valence electrons. The molecule has 1 nitrogen and oxygen atoms in total. The summed E-state index contributed by atoms with van der Waals surface area (Å²) in [5, 5.41) is 0. The number of benzene rings is 2. The quantitative estimate of drug-likeness (QED) is 0.718. The molecule has 1 unspecified atom stereocenters. The molecule has 1 aliphatic rings. The van der Waals surface area contributed by atoms with Gasteiger partial charge in [0.25, 0.3) is 0 Å². The van der Waals surface area contributed by atoms with E-state index in [1.54, 1.807) is 0 Å². The highest BCUT2D eigenvalue weighted by atomic mass is 35.5. The summed E-state index contributed by atoms with van der Waals surface area (Å²) in [4.78, 5) is 5.04. The minimum Gasteiger partial charge on any atom is -0.339 e. The fourth-order valence-corrected chi connectivity index (χ4v) is 3.53. The Morgan fingerprint density at radius 3 is 2.05 bits per heavy atom. The molecule has 1 heterocycles. The van der Waals surface area contributed by atoms with Crippen LogP contribution in [0.4, 0.5) is 11.4 Å². The van der Waals surface area contributed by atoms with Crippen LogP contribution in [0.25, 0.3) is 0 Å². The van der Waals surface area contributed by atoms with Crippen molar-refractivity contribution in [3.05, 3.63) is 48.5 Å². The number of halogens is 1. The lowest BCUT2D eigenvalue weighted by Crippen LogP contribution is -2.26. The molecule has 0 aliphatic carbocycles. The van der Waals surface area contributed by atoms with Crippen molar-refractivity contribution in [2.45, 2.75) is 16.7 Å². The minimum atomic E-state index is 0.464. The fraction of sp³-hybridized carbons (Fsp3) is 0.250. The van der Waals surface area contributed by atoms with Gasteiger partial charge >= 0.3 is 0 Å². The topological polar surface area (TPSA) is 3.24 Å². The monoisotopic (exact) mass is 289 g/mol. The van der Waals surface area contributed by atoms with Crippen molar-refractivity contribution in [1.82, 2.24) is 0 Å². The van der Waals surface area contributed by atoms with Crippen LogP contribution >= 0.6 is 23.4 Å². The van der Waals surface area contributed by atoms with Gasteiger partial charge in [-0.2, -0.15) is 0 Å². The number of anilines is 2. The number of alkyl halides is 1. The molecule has 3 rings (SSSR count). The smallest absolute Gasteiger partial charge is 0.0552 e. The highest BCUT2D eigenvalue weighted by Gasteiger charge is 2.23. The van der Waals surface area contributed by atoms with Crippen LogP contribution in [0.5, 0.6) is 0 Å². The fourth-order valence-electron chi connectivity index (χ4n) is 2.34. The van der Waals surface area contributed by atoms with Crippen LogP contribution < -0.4 is 4.90 Å². The van der Waals surface area contributed by atoms with Crippen LogP contribution in [0.2, 0.25) is 0 Å². The standard InChI is InChI=1S/C16H16ClNS/c1-12(10-17)11-18-13-6-2-4-8-15(13)19-16-9-5-3-7-14(16)18/h2-9,12H,10-11H2,1H3. The molecule has 0 saturated carbocycles. The molecule has 3 heteroatoms. The van der Waals surface area contributed by atoms with Crippen LogP contribution in [0.1, 0.15) is 6.92 Å². The van der Waals surface area contributed by atoms with E-state index >= 15 is 0 Å². The molecule has 2 aromatic carbocycles. The lowest BCUT2D eigenvalue weighted by Gasteiger charge is -2.34. The van der Waals surface area contributed by atoms with E-state index in [0.717, 1.165) is 6.54 Å². The molecule has 0 radical (unpaired) electrons. The molecular formula is C16H16ClNS. The number of nitrogens with zero attached hydrogens (tertiary/aromatic N) is 1. The van der Waals surface area contributed by atoms with E-state index < -0.39 is 0 Å². The normalized spacial score (nSPS) is 14.7. The number of hydrogen-bond acceptors (Lipinski definition) is 2. The molecule has 0 saturated heterocycles. The summed E-state index contributed by atoms with van der Waals surface area (Å²) in [6, 6.07) is 17.2. The zero-order valence-electron chi connectivity index (χ0n) is 10.8. The van der Waals surface area contributed by atoms with Crippen LogP contribution in [-0.2, 0) is 0 Å². The van der Waals surface area contributed by atoms with Gasteiger partial charge < -0.3 is 4.90 Å². The number of hydrogen-bond donors (Lipinski definition) is 0. The van der Waals surface area contributed by atoms with Crippen LogP contribution in [0, 0.1) is 5.92 Å². The van der Waals surface area contributed by atoms with Gasteiger partial charge in [0.1, 0.15) is 0 Å². The largest absolute Gasteiger partial charge is 0.339 e. The SMILES string of the molecule is CC(CCl)CN1c2ccccc2Sc2ccccc21. The van der Waals surface area contributed by atoms with Gasteiger partial charge in [-0.05, 0) is 30.2 Å². The lowest BCUT2D eigenvalue weighted by molar-refractivity contribution is 0.653. The zero-order chi connectivity index (χ0) is 13.2. The van der Waals surface area contributed by atoms with Crippen LogP contribution in [-0.4, -0.2) is 12.4 Å². The van der Waals surface area contributed by atoms with Crippen molar-refractivity contribution < 1.29 is 0 Å². The maximum atomic E-state index is 5.99. The second kappa shape index (κ2) is 5.48. The third kappa shape index (κ3) is 2.47. The van der Waals surface area contributed by atoms with Crippen molar-refractivity contribution >= 4 is 34.7 Å². The van der Waals surface area contributed by atoms with Gasteiger partial charge in [0, 0.05) is 22.2 Å². The Morgan fingerprint density at radius 1 is 1.00 bits per heavy atom. The molecule has 1 aliphatic heterocycles. The first-order chi connectivity index (χ1) is 9.29. The number of para-hydroxylation sites is 2. The molecule has 0 bridgehead atoms. The Bertz CT molecular complexity index is 539.